The van der Waals surface area contributed by atoms with Crippen LogP contribution >= 0.6 is 0 Å². The predicted octanol–water partition coefficient (Wildman–Crippen LogP) is 7.69. The molecule has 5 nitrogen and oxygen atoms in total. The summed E-state index contributed by atoms with van der Waals surface area (Å²) in [6, 6.07) is 0. The third kappa shape index (κ3) is 8.42. The SMILES string of the molecule is C/C=C/C(C)C(O[Si](C)(C)C(C)(C)C)C(C)C(=O)C(C)(C)C(CC(=O)O)O[Si](C)(C)C(C)(C)C. The van der Waals surface area contributed by atoms with Crippen molar-refractivity contribution in [2.24, 2.45) is 17.3 Å². The van der Waals surface area contributed by atoms with Crippen molar-refractivity contribution < 1.29 is 23.5 Å². The summed E-state index contributed by atoms with van der Waals surface area (Å²) in [7, 11) is -4.45. The fourth-order valence-electron chi connectivity index (χ4n) is 3.62. The Kier molecular flexibility index (Phi) is 11.3. The summed E-state index contributed by atoms with van der Waals surface area (Å²) < 4.78 is 13.4. The molecule has 0 bridgehead atoms. The van der Waals surface area contributed by atoms with E-state index in [1.54, 1.807) is 0 Å². The summed E-state index contributed by atoms with van der Waals surface area (Å²) >= 11 is 0. The summed E-state index contributed by atoms with van der Waals surface area (Å²) in [4.78, 5) is 25.9. The van der Waals surface area contributed by atoms with Crippen LogP contribution in [0.25, 0.3) is 0 Å². The van der Waals surface area contributed by atoms with E-state index in [9.17, 15) is 14.7 Å². The van der Waals surface area contributed by atoms with Gasteiger partial charge in [-0.1, -0.05) is 81.4 Å². The van der Waals surface area contributed by atoms with E-state index in [0.717, 1.165) is 0 Å². The van der Waals surface area contributed by atoms with Crippen LogP contribution in [-0.4, -0.2) is 45.7 Å². The first-order chi connectivity index (χ1) is 14.9. The van der Waals surface area contributed by atoms with Crippen molar-refractivity contribution in [2.75, 3.05) is 0 Å². The van der Waals surface area contributed by atoms with Gasteiger partial charge in [-0.2, -0.15) is 0 Å². The number of Topliss-reactive ketones (excluding diaryl/α,β-unsaturated/α-hetero) is 1. The highest BCUT2D eigenvalue weighted by molar-refractivity contribution is 6.74. The maximum atomic E-state index is 14.1. The number of carboxylic acid groups (broad SMARTS) is 1. The summed E-state index contributed by atoms with van der Waals surface area (Å²) in [5, 5.41) is 9.59. The number of carboxylic acids is 1. The predicted molar refractivity (Wildman–Crippen MR) is 148 cm³/mol. The zero-order valence-electron chi connectivity index (χ0n) is 24.8. The lowest BCUT2D eigenvalue weighted by Gasteiger charge is -2.46. The number of aliphatic carboxylic acids is 1. The lowest BCUT2D eigenvalue weighted by Crippen LogP contribution is -2.54. The van der Waals surface area contributed by atoms with Crippen LogP contribution in [0, 0.1) is 17.3 Å². The number of carbonyl (C=O) groups excluding carboxylic acids is 1. The molecule has 4 unspecified atom stereocenters. The first-order valence-corrected chi connectivity index (χ1v) is 18.5. The molecule has 0 aliphatic carbocycles. The van der Waals surface area contributed by atoms with Crippen LogP contribution in [0.2, 0.25) is 36.3 Å². The van der Waals surface area contributed by atoms with Crippen LogP contribution in [0.15, 0.2) is 12.2 Å². The monoisotopic (exact) mass is 514 g/mol. The van der Waals surface area contributed by atoms with Gasteiger partial charge in [-0.05, 0) is 49.1 Å². The van der Waals surface area contributed by atoms with Gasteiger partial charge in [0.05, 0.1) is 18.6 Å². The molecule has 0 amide bonds. The first-order valence-electron chi connectivity index (χ1n) is 12.7. The second-order valence-corrected chi connectivity index (χ2v) is 23.1. The number of rotatable bonds is 12. The highest BCUT2D eigenvalue weighted by Crippen LogP contribution is 2.43. The summed E-state index contributed by atoms with van der Waals surface area (Å²) in [6.07, 6.45) is 2.91. The van der Waals surface area contributed by atoms with Crippen LogP contribution in [-0.2, 0) is 18.4 Å². The second-order valence-electron chi connectivity index (χ2n) is 13.6. The summed E-state index contributed by atoms with van der Waals surface area (Å²) in [5.74, 6) is -1.31. The van der Waals surface area contributed by atoms with Crippen LogP contribution in [0.1, 0.15) is 82.6 Å². The maximum absolute atomic E-state index is 14.1. The first kappa shape index (κ1) is 33.2. The molecule has 0 fully saturated rings. The minimum absolute atomic E-state index is 0.00229. The third-order valence-electron chi connectivity index (χ3n) is 8.20. The van der Waals surface area contributed by atoms with E-state index in [-0.39, 0.29) is 34.3 Å². The number of hydrogen-bond donors (Lipinski definition) is 1. The Morgan fingerprint density at radius 3 is 1.62 bits per heavy atom. The molecule has 0 radical (unpaired) electrons. The number of allylic oxidation sites excluding steroid dienone is 1. The minimum Gasteiger partial charge on any atom is -0.481 e. The lowest BCUT2D eigenvalue weighted by molar-refractivity contribution is -0.146. The van der Waals surface area contributed by atoms with Crippen LogP contribution < -0.4 is 0 Å². The molecule has 0 heterocycles. The average molecular weight is 515 g/mol. The number of ketones is 1. The molecule has 7 heteroatoms. The van der Waals surface area contributed by atoms with Crippen molar-refractivity contribution in [1.29, 1.82) is 0 Å². The summed E-state index contributed by atoms with van der Waals surface area (Å²) in [5.41, 5.74) is -0.974. The molecule has 0 aliphatic heterocycles. The van der Waals surface area contributed by atoms with E-state index in [2.05, 4.69) is 80.7 Å². The largest absolute Gasteiger partial charge is 0.481 e. The van der Waals surface area contributed by atoms with Crippen molar-refractivity contribution >= 4 is 28.4 Å². The normalized spacial score (nSPS) is 18.0. The van der Waals surface area contributed by atoms with E-state index in [1.165, 1.54) is 0 Å². The van der Waals surface area contributed by atoms with E-state index in [4.69, 9.17) is 8.85 Å². The molecule has 0 saturated carbocycles. The van der Waals surface area contributed by atoms with Gasteiger partial charge in [0.25, 0.3) is 0 Å². The lowest BCUT2D eigenvalue weighted by atomic mass is 9.73. The Hall–Kier alpha value is -0.766. The number of carbonyl (C=O) groups is 2. The van der Waals surface area contributed by atoms with Crippen LogP contribution in [0.4, 0.5) is 0 Å². The number of hydrogen-bond acceptors (Lipinski definition) is 4. The molecule has 1 N–H and O–H groups in total. The van der Waals surface area contributed by atoms with Gasteiger partial charge in [0.15, 0.2) is 16.6 Å². The Bertz CT molecular complexity index is 726. The van der Waals surface area contributed by atoms with Gasteiger partial charge >= 0.3 is 5.97 Å². The van der Waals surface area contributed by atoms with Gasteiger partial charge in [-0.15, -0.1) is 0 Å². The molecular weight excluding hydrogens is 460 g/mol. The summed E-state index contributed by atoms with van der Waals surface area (Å²) in [6.45, 7) is 31.3. The van der Waals surface area contributed by atoms with E-state index in [0.29, 0.717) is 0 Å². The second kappa shape index (κ2) is 11.5. The molecule has 0 aromatic heterocycles. The molecule has 0 saturated heterocycles. The van der Waals surface area contributed by atoms with Gasteiger partial charge in [0.2, 0.25) is 0 Å². The molecule has 0 aromatic rings. The van der Waals surface area contributed by atoms with Crippen molar-refractivity contribution in [3.05, 3.63) is 12.2 Å². The van der Waals surface area contributed by atoms with E-state index in [1.807, 2.05) is 33.8 Å². The third-order valence-corrected chi connectivity index (χ3v) is 17.2. The fraction of sp³-hybridized carbons (Fsp3) is 0.852. The molecule has 4 atom stereocenters. The van der Waals surface area contributed by atoms with Gasteiger partial charge in [0.1, 0.15) is 5.78 Å². The molecule has 0 rings (SSSR count). The zero-order valence-corrected chi connectivity index (χ0v) is 26.8. The van der Waals surface area contributed by atoms with Crippen molar-refractivity contribution in [2.45, 2.75) is 131 Å². The smallest absolute Gasteiger partial charge is 0.305 e. The maximum Gasteiger partial charge on any atom is 0.305 e. The highest BCUT2D eigenvalue weighted by atomic mass is 28.4. The van der Waals surface area contributed by atoms with E-state index >= 15 is 0 Å². The standard InChI is InChI=1S/C27H54O5Si2/c1-16-17-19(2)23(32-34(14,15)26(7,8)9)20(3)24(30)27(10,11)21(18-22(28)29)31-33(12,13)25(4,5)6/h16-17,19-21,23H,18H2,1-15H3,(H,28,29)/b17-16+. The molecule has 0 aromatic carbocycles. The molecular formula is C27H54O5Si2. The van der Waals surface area contributed by atoms with Gasteiger partial charge in [-0.3, -0.25) is 9.59 Å². The quantitative estimate of drug-likeness (QED) is 0.213. The molecule has 200 valence electrons. The van der Waals surface area contributed by atoms with Crippen molar-refractivity contribution in [1.82, 2.24) is 0 Å². The molecule has 0 spiro atoms. The minimum atomic E-state index is -2.30. The molecule has 0 aliphatic rings. The average Bonchev–Trinajstić information content (AvgIpc) is 2.62. The van der Waals surface area contributed by atoms with E-state index < -0.39 is 40.0 Å². The zero-order chi connectivity index (χ0) is 27.5. The van der Waals surface area contributed by atoms with Crippen LogP contribution in [0.5, 0.6) is 0 Å². The van der Waals surface area contributed by atoms with Gasteiger partial charge < -0.3 is 14.0 Å². The Morgan fingerprint density at radius 2 is 1.26 bits per heavy atom. The Labute approximate surface area is 212 Å². The van der Waals surface area contributed by atoms with Crippen LogP contribution in [0.3, 0.4) is 0 Å². The Balaban J connectivity index is 6.32. The van der Waals surface area contributed by atoms with Crippen molar-refractivity contribution in [3.63, 3.8) is 0 Å². The highest BCUT2D eigenvalue weighted by Gasteiger charge is 2.49. The fourth-order valence-corrected chi connectivity index (χ4v) is 6.52. The van der Waals surface area contributed by atoms with Crippen molar-refractivity contribution in [3.8, 4) is 0 Å². The van der Waals surface area contributed by atoms with Gasteiger partial charge in [-0.25, -0.2) is 0 Å². The molecule has 34 heavy (non-hydrogen) atoms. The topological polar surface area (TPSA) is 72.8 Å². The Morgan fingerprint density at radius 1 is 0.853 bits per heavy atom. The van der Waals surface area contributed by atoms with Gasteiger partial charge in [0, 0.05) is 11.3 Å².